The molecule has 1 heterocycles. The zero-order chi connectivity index (χ0) is 15.7. The second-order valence-corrected chi connectivity index (χ2v) is 12.7. The SMILES string of the molecule is CCCCSC1=C(SCCCC)SC(P(=O)(OC)OC)S1. The third kappa shape index (κ3) is 6.36. The van der Waals surface area contributed by atoms with Gasteiger partial charge in [-0.15, -0.1) is 23.5 Å². The van der Waals surface area contributed by atoms with Gasteiger partial charge in [0, 0.05) is 14.2 Å². The molecule has 0 N–H and O–H groups in total. The summed E-state index contributed by atoms with van der Waals surface area (Å²) in [5.74, 6) is 2.24. The van der Waals surface area contributed by atoms with Gasteiger partial charge in [0.25, 0.3) is 0 Å². The molecule has 21 heavy (non-hydrogen) atoms. The van der Waals surface area contributed by atoms with E-state index in [-0.39, 0.29) is 4.32 Å². The molecule has 0 aromatic carbocycles. The van der Waals surface area contributed by atoms with E-state index in [1.54, 1.807) is 23.5 Å². The van der Waals surface area contributed by atoms with Gasteiger partial charge in [-0.25, -0.2) is 0 Å². The van der Waals surface area contributed by atoms with Gasteiger partial charge >= 0.3 is 7.60 Å². The lowest BCUT2D eigenvalue weighted by Gasteiger charge is -2.18. The maximum Gasteiger partial charge on any atom is 0.353 e. The third-order valence-corrected chi connectivity index (χ3v) is 12.1. The van der Waals surface area contributed by atoms with Crippen LogP contribution in [0.4, 0.5) is 0 Å². The maximum absolute atomic E-state index is 12.6. The van der Waals surface area contributed by atoms with Gasteiger partial charge in [-0.2, -0.15) is 0 Å². The molecule has 0 aliphatic carbocycles. The van der Waals surface area contributed by atoms with Crippen LogP contribution in [0.2, 0.25) is 0 Å². The molecule has 3 nitrogen and oxygen atoms in total. The van der Waals surface area contributed by atoms with Crippen LogP contribution in [0.1, 0.15) is 39.5 Å². The lowest BCUT2D eigenvalue weighted by molar-refractivity contribution is 0.279. The van der Waals surface area contributed by atoms with Crippen molar-refractivity contribution in [2.75, 3.05) is 25.7 Å². The van der Waals surface area contributed by atoms with E-state index in [2.05, 4.69) is 13.8 Å². The lowest BCUT2D eigenvalue weighted by Crippen LogP contribution is -1.99. The van der Waals surface area contributed by atoms with E-state index in [0.29, 0.717) is 0 Å². The highest BCUT2D eigenvalue weighted by Crippen LogP contribution is 2.69. The molecule has 124 valence electrons. The molecule has 0 saturated carbocycles. The molecule has 0 amide bonds. The largest absolute Gasteiger partial charge is 0.353 e. The standard InChI is InChI=1S/C13H25O3PS4/c1-5-7-9-18-11-12(19-10-8-6-2)21-13(20-11)17(14,15-3)16-4/h13H,5-10H2,1-4H3. The van der Waals surface area contributed by atoms with Crippen LogP contribution in [0, 0.1) is 0 Å². The Morgan fingerprint density at radius 1 is 1.00 bits per heavy atom. The molecule has 1 rings (SSSR count). The van der Waals surface area contributed by atoms with Gasteiger partial charge in [-0.1, -0.05) is 50.2 Å². The van der Waals surface area contributed by atoms with Crippen LogP contribution in [0.15, 0.2) is 8.47 Å². The van der Waals surface area contributed by atoms with Crippen molar-refractivity contribution in [3.8, 4) is 0 Å². The summed E-state index contributed by atoms with van der Waals surface area (Å²) < 4.78 is 25.3. The monoisotopic (exact) mass is 388 g/mol. The van der Waals surface area contributed by atoms with Crippen molar-refractivity contribution < 1.29 is 13.6 Å². The van der Waals surface area contributed by atoms with Crippen molar-refractivity contribution in [2.45, 2.75) is 43.9 Å². The van der Waals surface area contributed by atoms with Gasteiger partial charge in [0.05, 0.1) is 8.47 Å². The maximum atomic E-state index is 12.6. The molecule has 0 bridgehead atoms. The normalized spacial score (nSPS) is 17.0. The summed E-state index contributed by atoms with van der Waals surface area (Å²) in [7, 11) is -0.0845. The number of hydrogen-bond acceptors (Lipinski definition) is 7. The predicted octanol–water partition coefficient (Wildman–Crippen LogP) is 6.43. The number of hydrogen-bond donors (Lipinski definition) is 0. The molecule has 0 atom stereocenters. The minimum Gasteiger partial charge on any atom is -0.311 e. The third-order valence-electron chi connectivity index (χ3n) is 2.81. The second kappa shape index (κ2) is 11.0. The molecule has 0 spiro atoms. The molecule has 0 saturated heterocycles. The van der Waals surface area contributed by atoms with Crippen LogP contribution in [0.3, 0.4) is 0 Å². The fourth-order valence-corrected chi connectivity index (χ4v) is 11.2. The smallest absolute Gasteiger partial charge is 0.311 e. The highest BCUT2D eigenvalue weighted by atomic mass is 32.3. The summed E-state index contributed by atoms with van der Waals surface area (Å²) in [5.41, 5.74) is 0. The quantitative estimate of drug-likeness (QED) is 0.298. The second-order valence-electron chi connectivity index (χ2n) is 4.43. The van der Waals surface area contributed by atoms with Gasteiger partial charge in [0.15, 0.2) is 4.32 Å². The first-order chi connectivity index (χ1) is 10.1. The minimum atomic E-state index is -3.02. The summed E-state index contributed by atoms with van der Waals surface area (Å²) in [4.78, 5) is 0. The summed E-state index contributed by atoms with van der Waals surface area (Å²) in [5, 5.41) is 0. The molecule has 1 aliphatic heterocycles. The van der Waals surface area contributed by atoms with Gasteiger partial charge in [-0.3, -0.25) is 4.57 Å². The Labute approximate surface area is 146 Å². The predicted molar refractivity (Wildman–Crippen MR) is 102 cm³/mol. The van der Waals surface area contributed by atoms with E-state index >= 15 is 0 Å². The topological polar surface area (TPSA) is 35.5 Å². The Morgan fingerprint density at radius 3 is 1.76 bits per heavy atom. The Hall–Kier alpha value is 1.29. The van der Waals surface area contributed by atoms with Crippen molar-refractivity contribution in [1.29, 1.82) is 0 Å². The zero-order valence-corrected chi connectivity index (χ0v) is 17.3. The van der Waals surface area contributed by atoms with E-state index in [1.807, 2.05) is 23.5 Å². The molecule has 0 aromatic heterocycles. The first-order valence-electron chi connectivity index (χ1n) is 7.15. The molecule has 0 aromatic rings. The number of rotatable bonds is 11. The van der Waals surface area contributed by atoms with Crippen LogP contribution in [-0.4, -0.2) is 30.0 Å². The average molecular weight is 389 g/mol. The van der Waals surface area contributed by atoms with Crippen molar-refractivity contribution in [1.82, 2.24) is 0 Å². The lowest BCUT2D eigenvalue weighted by atomic mass is 10.4. The van der Waals surface area contributed by atoms with Crippen LogP contribution < -0.4 is 0 Å². The van der Waals surface area contributed by atoms with Crippen molar-refractivity contribution >= 4 is 54.6 Å². The van der Waals surface area contributed by atoms with E-state index in [4.69, 9.17) is 9.05 Å². The molecule has 1 aliphatic rings. The fourth-order valence-electron chi connectivity index (χ4n) is 1.48. The highest BCUT2D eigenvalue weighted by molar-refractivity contribution is 8.40. The summed E-state index contributed by atoms with van der Waals surface area (Å²) in [6, 6.07) is 0. The van der Waals surface area contributed by atoms with Crippen molar-refractivity contribution in [3.63, 3.8) is 0 Å². The average Bonchev–Trinajstić information content (AvgIpc) is 2.91. The first-order valence-corrected chi connectivity index (χ1v) is 12.5. The Bertz CT molecular complexity index is 360. The van der Waals surface area contributed by atoms with Crippen molar-refractivity contribution in [3.05, 3.63) is 8.47 Å². The van der Waals surface area contributed by atoms with Crippen LogP contribution in [-0.2, 0) is 13.6 Å². The molecule has 0 fully saturated rings. The number of thioether (sulfide) groups is 4. The fraction of sp³-hybridized carbons (Fsp3) is 0.846. The first kappa shape index (κ1) is 20.3. The van der Waals surface area contributed by atoms with E-state index in [0.717, 1.165) is 11.5 Å². The van der Waals surface area contributed by atoms with E-state index < -0.39 is 7.60 Å². The van der Waals surface area contributed by atoms with Gasteiger partial charge in [0.2, 0.25) is 0 Å². The van der Waals surface area contributed by atoms with Crippen molar-refractivity contribution in [2.24, 2.45) is 0 Å². The molecular formula is C13H25O3PS4. The Morgan fingerprint density at radius 2 is 1.43 bits per heavy atom. The van der Waals surface area contributed by atoms with E-state index in [1.165, 1.54) is 48.4 Å². The Kier molecular flexibility index (Phi) is 10.6. The van der Waals surface area contributed by atoms with Gasteiger partial charge < -0.3 is 9.05 Å². The summed E-state index contributed by atoms with van der Waals surface area (Å²) >= 11 is 7.08. The Balaban J connectivity index is 2.69. The molecular weight excluding hydrogens is 363 g/mol. The van der Waals surface area contributed by atoms with Gasteiger partial charge in [0.1, 0.15) is 0 Å². The van der Waals surface area contributed by atoms with Gasteiger partial charge in [-0.05, 0) is 24.3 Å². The zero-order valence-electron chi connectivity index (χ0n) is 13.1. The minimum absolute atomic E-state index is 0.166. The molecule has 0 radical (unpaired) electrons. The van der Waals surface area contributed by atoms with Crippen LogP contribution >= 0.6 is 54.6 Å². The van der Waals surface area contributed by atoms with Crippen LogP contribution in [0.5, 0.6) is 0 Å². The van der Waals surface area contributed by atoms with E-state index in [9.17, 15) is 4.57 Å². The highest BCUT2D eigenvalue weighted by Gasteiger charge is 2.41. The summed E-state index contributed by atoms with van der Waals surface area (Å²) in [6.07, 6.45) is 4.83. The number of unbranched alkanes of at least 4 members (excludes halogenated alkanes) is 2. The molecule has 0 unspecified atom stereocenters. The van der Waals surface area contributed by atoms with Crippen LogP contribution in [0.25, 0.3) is 0 Å². The molecule has 8 heteroatoms. The summed E-state index contributed by atoms with van der Waals surface area (Å²) in [6.45, 7) is 4.41.